The second kappa shape index (κ2) is 9.49. The van der Waals surface area contributed by atoms with Crippen molar-refractivity contribution < 1.29 is 0 Å². The zero-order chi connectivity index (χ0) is 21.8. The molecule has 0 fully saturated rings. The number of fused-ring (bicyclic) bond motifs is 1. The average molecular weight is 428 g/mol. The zero-order valence-corrected chi connectivity index (χ0v) is 19.4. The lowest BCUT2D eigenvalue weighted by Gasteiger charge is -2.16. The molecule has 0 bridgehead atoms. The Morgan fingerprint density at radius 1 is 1.19 bits per heavy atom. The van der Waals surface area contributed by atoms with E-state index in [0.29, 0.717) is 0 Å². The number of thiazole rings is 1. The fourth-order valence-electron chi connectivity index (χ4n) is 4.00. The van der Waals surface area contributed by atoms with Crippen molar-refractivity contribution in [1.82, 2.24) is 9.88 Å². The second-order valence-electron chi connectivity index (χ2n) is 8.25. The second-order valence-corrected chi connectivity index (χ2v) is 9.19. The van der Waals surface area contributed by atoms with Crippen LogP contribution >= 0.6 is 11.3 Å². The third-order valence-corrected chi connectivity index (χ3v) is 6.86. The third-order valence-electron chi connectivity index (χ3n) is 6.01. The predicted octanol–water partition coefficient (Wildman–Crippen LogP) is 6.18. The summed E-state index contributed by atoms with van der Waals surface area (Å²) in [5, 5.41) is 3.26. The smallest absolute Gasteiger partial charge is 0.0977 e. The molecular formula is C27H29N3S. The molecule has 0 radical (unpaired) electrons. The van der Waals surface area contributed by atoms with E-state index in [9.17, 15) is 0 Å². The highest BCUT2D eigenvalue weighted by molar-refractivity contribution is 7.10. The minimum Gasteiger partial charge on any atom is -0.366 e. The van der Waals surface area contributed by atoms with Gasteiger partial charge in [-0.2, -0.15) is 0 Å². The normalized spacial score (nSPS) is 13.2. The van der Waals surface area contributed by atoms with E-state index in [4.69, 9.17) is 11.4 Å². The lowest BCUT2D eigenvalue weighted by molar-refractivity contribution is 0.552. The van der Waals surface area contributed by atoms with E-state index < -0.39 is 0 Å². The summed E-state index contributed by atoms with van der Waals surface area (Å²) in [7, 11) is 2.01. The maximum atomic E-state index is 5.84. The van der Waals surface area contributed by atoms with Gasteiger partial charge in [-0.3, -0.25) is 0 Å². The predicted molar refractivity (Wildman–Crippen MR) is 133 cm³/mol. The van der Waals surface area contributed by atoms with Gasteiger partial charge in [-0.25, -0.2) is 9.98 Å². The van der Waals surface area contributed by atoms with Crippen LogP contribution in [0.4, 0.5) is 5.69 Å². The van der Waals surface area contributed by atoms with E-state index in [2.05, 4.69) is 54.4 Å². The SMILES string of the molecule is C#Cc1cc(N=CN(C)CC)c(C)cc1Cc1nc(-c2ccc3c(c2)CCCC3)cs1. The molecule has 1 aromatic heterocycles. The first-order valence-electron chi connectivity index (χ1n) is 11.0. The van der Waals surface area contributed by atoms with Gasteiger partial charge in [0.25, 0.3) is 0 Å². The van der Waals surface area contributed by atoms with Gasteiger partial charge in [0.1, 0.15) is 0 Å². The zero-order valence-electron chi connectivity index (χ0n) is 18.6. The van der Waals surface area contributed by atoms with Crippen LogP contribution in [0.5, 0.6) is 0 Å². The summed E-state index contributed by atoms with van der Waals surface area (Å²) < 4.78 is 0. The molecule has 4 heteroatoms. The van der Waals surface area contributed by atoms with E-state index >= 15 is 0 Å². The van der Waals surface area contributed by atoms with Gasteiger partial charge in [0.05, 0.1) is 22.7 Å². The highest BCUT2D eigenvalue weighted by atomic mass is 32.1. The van der Waals surface area contributed by atoms with Gasteiger partial charge in [0.2, 0.25) is 0 Å². The van der Waals surface area contributed by atoms with Crippen molar-refractivity contribution in [1.29, 1.82) is 0 Å². The standard InChI is InChI=1S/C27H29N3S/c1-5-20-15-25(28-18-30(4)6-2)19(3)13-24(20)16-27-29-26(17-31-27)23-12-11-21-9-7-8-10-22(21)14-23/h1,11-15,17-18H,6-10,16H2,2-4H3. The van der Waals surface area contributed by atoms with Crippen molar-refractivity contribution >= 4 is 23.4 Å². The summed E-state index contributed by atoms with van der Waals surface area (Å²) in [5.74, 6) is 2.85. The van der Waals surface area contributed by atoms with Gasteiger partial charge in [-0.1, -0.05) is 24.1 Å². The number of nitrogens with zero attached hydrogens (tertiary/aromatic N) is 3. The van der Waals surface area contributed by atoms with E-state index in [-0.39, 0.29) is 0 Å². The molecule has 0 N–H and O–H groups in total. The van der Waals surface area contributed by atoms with Crippen molar-refractivity contribution in [3.8, 4) is 23.6 Å². The maximum absolute atomic E-state index is 5.84. The van der Waals surface area contributed by atoms with E-state index in [1.807, 2.05) is 24.4 Å². The van der Waals surface area contributed by atoms with E-state index in [1.165, 1.54) is 42.4 Å². The Labute approximate surface area is 189 Å². The van der Waals surface area contributed by atoms with Gasteiger partial charge in [0.15, 0.2) is 0 Å². The van der Waals surface area contributed by atoms with Gasteiger partial charge in [0, 0.05) is 36.5 Å². The van der Waals surface area contributed by atoms with E-state index in [0.717, 1.165) is 46.0 Å². The molecule has 0 atom stereocenters. The van der Waals surface area contributed by atoms with Crippen molar-refractivity contribution in [2.24, 2.45) is 4.99 Å². The molecule has 1 aliphatic rings. The highest BCUT2D eigenvalue weighted by Crippen LogP contribution is 2.30. The largest absolute Gasteiger partial charge is 0.366 e. The van der Waals surface area contributed by atoms with Crippen LogP contribution in [0.25, 0.3) is 11.3 Å². The van der Waals surface area contributed by atoms with Crippen molar-refractivity contribution in [2.45, 2.75) is 46.0 Å². The number of aromatic nitrogens is 1. The molecule has 0 amide bonds. The summed E-state index contributed by atoms with van der Waals surface area (Å²) in [6.45, 7) is 5.10. The monoisotopic (exact) mass is 427 g/mol. The molecule has 0 saturated heterocycles. The number of aryl methyl sites for hydroxylation is 3. The number of terminal acetylenes is 1. The molecule has 0 saturated carbocycles. The number of hydrogen-bond donors (Lipinski definition) is 0. The number of aliphatic imine (C=N–C) groups is 1. The maximum Gasteiger partial charge on any atom is 0.0977 e. The molecular weight excluding hydrogens is 398 g/mol. The molecule has 1 aliphatic carbocycles. The molecule has 2 aromatic carbocycles. The van der Waals surface area contributed by atoms with Crippen LogP contribution in [0, 0.1) is 19.3 Å². The van der Waals surface area contributed by atoms with Gasteiger partial charge in [-0.05, 0) is 73.9 Å². The molecule has 0 unspecified atom stereocenters. The summed E-state index contributed by atoms with van der Waals surface area (Å²) in [5.41, 5.74) is 9.36. The minimum absolute atomic E-state index is 0.745. The van der Waals surface area contributed by atoms with Gasteiger partial charge < -0.3 is 4.90 Å². The molecule has 0 aliphatic heterocycles. The highest BCUT2D eigenvalue weighted by Gasteiger charge is 2.13. The third kappa shape index (κ3) is 4.89. The molecule has 0 spiro atoms. The lowest BCUT2D eigenvalue weighted by atomic mass is 9.90. The minimum atomic E-state index is 0.745. The van der Waals surface area contributed by atoms with E-state index in [1.54, 1.807) is 11.3 Å². The Hall–Kier alpha value is -2.90. The van der Waals surface area contributed by atoms with Crippen LogP contribution in [0.15, 0.2) is 40.7 Å². The first-order chi connectivity index (χ1) is 15.1. The summed E-state index contributed by atoms with van der Waals surface area (Å²) >= 11 is 1.71. The van der Waals surface area contributed by atoms with Crippen LogP contribution in [0.3, 0.4) is 0 Å². The van der Waals surface area contributed by atoms with Crippen molar-refractivity contribution in [3.05, 3.63) is 68.5 Å². The van der Waals surface area contributed by atoms with Crippen LogP contribution in [0.2, 0.25) is 0 Å². The fourth-order valence-corrected chi connectivity index (χ4v) is 4.83. The molecule has 158 valence electrons. The van der Waals surface area contributed by atoms with Crippen LogP contribution in [-0.4, -0.2) is 29.8 Å². The Balaban J connectivity index is 1.56. The number of benzene rings is 2. The molecule has 3 nitrogen and oxygen atoms in total. The number of hydrogen-bond acceptors (Lipinski definition) is 3. The summed E-state index contributed by atoms with van der Waals surface area (Å²) in [4.78, 5) is 11.6. The molecule has 31 heavy (non-hydrogen) atoms. The molecule has 3 aromatic rings. The Morgan fingerprint density at radius 3 is 2.77 bits per heavy atom. The molecule has 4 rings (SSSR count). The van der Waals surface area contributed by atoms with Gasteiger partial charge in [-0.15, -0.1) is 17.8 Å². The van der Waals surface area contributed by atoms with Crippen LogP contribution in [-0.2, 0) is 19.3 Å². The Morgan fingerprint density at radius 2 is 2.00 bits per heavy atom. The van der Waals surface area contributed by atoms with Crippen LogP contribution < -0.4 is 0 Å². The average Bonchev–Trinajstić information content (AvgIpc) is 3.26. The summed E-state index contributed by atoms with van der Waals surface area (Å²) in [6, 6.07) is 11.0. The Bertz CT molecular complexity index is 1150. The topological polar surface area (TPSA) is 28.5 Å². The Kier molecular flexibility index (Phi) is 6.53. The summed E-state index contributed by atoms with van der Waals surface area (Å²) in [6.07, 6.45) is 13.4. The van der Waals surface area contributed by atoms with Crippen molar-refractivity contribution in [2.75, 3.05) is 13.6 Å². The lowest BCUT2D eigenvalue weighted by Crippen LogP contribution is -2.14. The number of rotatable bonds is 6. The quantitative estimate of drug-likeness (QED) is 0.267. The molecule has 1 heterocycles. The van der Waals surface area contributed by atoms with Gasteiger partial charge >= 0.3 is 0 Å². The fraction of sp³-hybridized carbons (Fsp3) is 0.333. The van der Waals surface area contributed by atoms with Crippen LogP contribution in [0.1, 0.15) is 52.6 Å². The first-order valence-corrected chi connectivity index (χ1v) is 11.9. The van der Waals surface area contributed by atoms with Crippen molar-refractivity contribution in [3.63, 3.8) is 0 Å². The first kappa shape index (κ1) is 21.3.